The van der Waals surface area contributed by atoms with Crippen LogP contribution in [0.1, 0.15) is 128 Å². The molecule has 3 aliphatic heterocycles. The minimum Gasteiger partial charge on any atom is -0.481 e. The summed E-state index contributed by atoms with van der Waals surface area (Å²) in [5.41, 5.74) is -8.49. The quantitative estimate of drug-likeness (QED) is 0.106. The fourth-order valence-electron chi connectivity index (χ4n) is 12.2. The van der Waals surface area contributed by atoms with Crippen molar-refractivity contribution in [3.8, 4) is 0 Å². The van der Waals surface area contributed by atoms with Gasteiger partial charge in [0, 0.05) is 33.2 Å². The zero-order valence-corrected chi connectivity index (χ0v) is 36.8. The van der Waals surface area contributed by atoms with E-state index in [0.29, 0.717) is 0 Å². The van der Waals surface area contributed by atoms with Crippen LogP contribution in [-0.4, -0.2) is 135 Å². The topological polar surface area (TPSA) is 300 Å². The molecule has 2 atom stereocenters. The van der Waals surface area contributed by atoms with Crippen molar-refractivity contribution in [3.05, 3.63) is 0 Å². The number of carboxylic acid groups (broad SMARTS) is 7. The monoisotopic (exact) mass is 842 g/mol. The molecule has 338 valence electrons. The largest absolute Gasteiger partial charge is 0.481 e. The number of hydrogen-bond acceptors (Lipinski definition) is 11. The van der Waals surface area contributed by atoms with E-state index in [1.165, 1.54) is 0 Å². The van der Waals surface area contributed by atoms with Crippen LogP contribution in [0.15, 0.2) is 0 Å². The van der Waals surface area contributed by atoms with Crippen LogP contribution in [0.4, 0.5) is 0 Å². The Morgan fingerprint density at radius 1 is 0.475 bits per heavy atom. The van der Waals surface area contributed by atoms with Gasteiger partial charge in [0.15, 0.2) is 0 Å². The van der Waals surface area contributed by atoms with Crippen LogP contribution in [0.3, 0.4) is 0 Å². The second-order valence-corrected chi connectivity index (χ2v) is 21.2. The molecule has 0 bridgehead atoms. The summed E-state index contributed by atoms with van der Waals surface area (Å²) in [4.78, 5) is 86.6. The molecule has 18 nitrogen and oxygen atoms in total. The molecule has 0 aromatic carbocycles. The van der Waals surface area contributed by atoms with Gasteiger partial charge in [-0.1, -0.05) is 0 Å². The van der Waals surface area contributed by atoms with E-state index < -0.39 is 136 Å². The molecule has 3 heterocycles. The van der Waals surface area contributed by atoms with Crippen molar-refractivity contribution < 1.29 is 69.3 Å². The first-order valence-electron chi connectivity index (χ1n) is 20.0. The van der Waals surface area contributed by atoms with E-state index in [1.54, 1.807) is 0 Å². The summed E-state index contributed by atoms with van der Waals surface area (Å²) in [6, 6.07) is 0. The normalized spacial score (nSPS) is 24.0. The van der Waals surface area contributed by atoms with Crippen molar-refractivity contribution >= 4 is 41.8 Å². The van der Waals surface area contributed by atoms with Crippen LogP contribution in [0.25, 0.3) is 0 Å². The van der Waals surface area contributed by atoms with Crippen molar-refractivity contribution in [1.82, 2.24) is 20.9 Å². The summed E-state index contributed by atoms with van der Waals surface area (Å²) < 4.78 is 0. The highest BCUT2D eigenvalue weighted by atomic mass is 16.4. The Hall–Kier alpha value is -3.87. The van der Waals surface area contributed by atoms with Crippen molar-refractivity contribution in [1.29, 1.82) is 0 Å². The summed E-state index contributed by atoms with van der Waals surface area (Å²) >= 11 is 0. The Morgan fingerprint density at radius 2 is 0.746 bits per heavy atom. The summed E-state index contributed by atoms with van der Waals surface area (Å²) in [6.07, 6.45) is 0.434. The number of aliphatic carboxylic acids is 7. The number of nitrogens with one attached hydrogen (secondary N) is 3. The maximum absolute atomic E-state index is 14.7. The van der Waals surface area contributed by atoms with E-state index in [0.717, 1.165) is 4.90 Å². The van der Waals surface area contributed by atoms with E-state index in [9.17, 15) is 54.0 Å². The van der Waals surface area contributed by atoms with Crippen LogP contribution < -0.4 is 16.0 Å². The third-order valence-electron chi connectivity index (χ3n) is 12.2. The van der Waals surface area contributed by atoms with Gasteiger partial charge in [-0.05, 0) is 139 Å². The van der Waals surface area contributed by atoms with Gasteiger partial charge in [-0.3, -0.25) is 38.5 Å². The first-order chi connectivity index (χ1) is 26.4. The summed E-state index contributed by atoms with van der Waals surface area (Å²) in [7, 11) is 0. The number of carbonyl (C=O) groups is 7. The molecule has 59 heavy (non-hydrogen) atoms. The van der Waals surface area contributed by atoms with Gasteiger partial charge in [-0.25, -0.2) is 0 Å². The molecule has 3 rings (SSSR count). The minimum atomic E-state index is -2.48. The second-order valence-electron chi connectivity index (χ2n) is 21.2. The molecular weight excluding hydrogens is 772 g/mol. The van der Waals surface area contributed by atoms with Gasteiger partial charge in [0.25, 0.3) is 0 Å². The summed E-state index contributed by atoms with van der Waals surface area (Å²) in [5.74, 6) is -14.3. The van der Waals surface area contributed by atoms with E-state index in [1.807, 2.05) is 83.1 Å². The third-order valence-corrected chi connectivity index (χ3v) is 12.2. The van der Waals surface area contributed by atoms with Crippen LogP contribution in [0.2, 0.25) is 0 Å². The van der Waals surface area contributed by atoms with Crippen molar-refractivity contribution in [2.45, 2.75) is 161 Å². The highest BCUT2D eigenvalue weighted by Crippen LogP contribution is 2.68. The molecule has 10 N–H and O–H groups in total. The number of piperidine rings is 3. The molecule has 3 saturated heterocycles. The standard InChI is InChI=1S/C35H61N3O8.C6H9NO6/c1-28(2)14-20(15-29(3,4)36-28)34(26(43)44,21-16-30(5,6)37-31(7,8)17-21)35(27(45)46,23(25(41)42)13-24(39)40)22-18-32(9,10)38-33(11,12)19-22;8-4(9)1-7(2-5(10)11)3-6(12)13/h20-23,36-38H,13-19H2,1-12H3,(H,39,40)(H,41,42)(H,43,44)(H,45,46);1-3H2,(H,8,9)(H,10,11)(H,12,13). The number of nitrogens with zero attached hydrogens (tertiary/aromatic N) is 1. The summed E-state index contributed by atoms with van der Waals surface area (Å²) in [6.45, 7) is 21.6. The number of carboxylic acids is 7. The third kappa shape index (κ3) is 12.4. The lowest BCUT2D eigenvalue weighted by Crippen LogP contribution is -2.75. The summed E-state index contributed by atoms with van der Waals surface area (Å²) in [5, 5.41) is 80.6. The lowest BCUT2D eigenvalue weighted by Gasteiger charge is -2.65. The zero-order valence-electron chi connectivity index (χ0n) is 36.8. The fraction of sp³-hybridized carbons (Fsp3) is 0.829. The SMILES string of the molecule is CC1(C)CC(C(C(=O)O)(C2CC(C)(C)NC(C)(C)C2)C(C(=O)O)(C2CC(C)(C)NC(C)(C)C2)C(CC(=O)O)C(=O)O)CC(C)(C)N1.O=C(O)CN(CC(=O)O)CC(=O)O. The van der Waals surface area contributed by atoms with Crippen LogP contribution in [0.5, 0.6) is 0 Å². The molecule has 18 heteroatoms. The molecule has 0 amide bonds. The van der Waals surface area contributed by atoms with Crippen molar-refractivity contribution in [2.75, 3.05) is 19.6 Å². The van der Waals surface area contributed by atoms with Crippen LogP contribution in [-0.2, 0) is 33.6 Å². The average Bonchev–Trinajstić information content (AvgIpc) is 2.92. The van der Waals surface area contributed by atoms with Gasteiger partial charge < -0.3 is 51.7 Å². The first kappa shape index (κ1) is 51.3. The molecule has 0 aromatic heterocycles. The molecule has 0 saturated carbocycles. The molecule has 3 fully saturated rings. The molecule has 0 aromatic rings. The van der Waals surface area contributed by atoms with Crippen molar-refractivity contribution in [3.63, 3.8) is 0 Å². The van der Waals surface area contributed by atoms with Crippen LogP contribution in [0, 0.1) is 34.5 Å². The maximum atomic E-state index is 14.7. The van der Waals surface area contributed by atoms with Gasteiger partial charge in [0.05, 0.1) is 37.4 Å². The Morgan fingerprint density at radius 3 is 0.949 bits per heavy atom. The fourth-order valence-corrected chi connectivity index (χ4v) is 12.2. The highest BCUT2D eigenvalue weighted by Gasteiger charge is 2.77. The molecular formula is C41H70N4O14. The Kier molecular flexibility index (Phi) is 15.3. The van der Waals surface area contributed by atoms with Crippen LogP contribution >= 0.6 is 0 Å². The van der Waals surface area contributed by atoms with E-state index in [4.69, 9.17) is 15.3 Å². The van der Waals surface area contributed by atoms with Gasteiger partial charge >= 0.3 is 41.8 Å². The average molecular weight is 843 g/mol. The second kappa shape index (κ2) is 17.6. The van der Waals surface area contributed by atoms with Crippen molar-refractivity contribution in [2.24, 2.45) is 34.5 Å². The number of rotatable bonds is 16. The van der Waals surface area contributed by atoms with E-state index in [2.05, 4.69) is 16.0 Å². The lowest BCUT2D eigenvalue weighted by atomic mass is 9.38. The Balaban J connectivity index is 0.000000791. The molecule has 3 aliphatic rings. The van der Waals surface area contributed by atoms with E-state index >= 15 is 0 Å². The van der Waals surface area contributed by atoms with Gasteiger partial charge in [0.2, 0.25) is 0 Å². The van der Waals surface area contributed by atoms with E-state index in [-0.39, 0.29) is 38.5 Å². The maximum Gasteiger partial charge on any atom is 0.317 e. The number of hydrogen-bond donors (Lipinski definition) is 10. The molecule has 0 spiro atoms. The zero-order chi connectivity index (χ0) is 46.1. The Labute approximate surface area is 346 Å². The first-order valence-corrected chi connectivity index (χ1v) is 20.0. The molecule has 2 unspecified atom stereocenters. The molecule has 0 aliphatic carbocycles. The van der Waals surface area contributed by atoms with Gasteiger partial charge in [0.1, 0.15) is 5.41 Å². The smallest absolute Gasteiger partial charge is 0.317 e. The van der Waals surface area contributed by atoms with Gasteiger partial charge in [-0.2, -0.15) is 0 Å². The van der Waals surface area contributed by atoms with Gasteiger partial charge in [-0.15, -0.1) is 0 Å². The predicted molar refractivity (Wildman–Crippen MR) is 215 cm³/mol. The highest BCUT2D eigenvalue weighted by molar-refractivity contribution is 5.93. The Bertz CT molecular complexity index is 1510. The predicted octanol–water partition coefficient (Wildman–Crippen LogP) is 3.52. The lowest BCUT2D eigenvalue weighted by molar-refractivity contribution is -0.228. The molecule has 0 radical (unpaired) electrons. The minimum absolute atomic E-state index is 0.163.